The normalized spacial score (nSPS) is 11.8. The molecule has 21 heavy (non-hydrogen) atoms. The van der Waals surface area contributed by atoms with Gasteiger partial charge in [0.2, 0.25) is 5.91 Å². The number of rotatable bonds is 7. The van der Waals surface area contributed by atoms with E-state index in [1.54, 1.807) is 36.9 Å². The van der Waals surface area contributed by atoms with Crippen LogP contribution in [0.3, 0.4) is 0 Å². The lowest BCUT2D eigenvalue weighted by atomic mass is 10.4. The Hall–Kier alpha value is -1.80. The van der Waals surface area contributed by atoms with E-state index in [0.29, 0.717) is 5.69 Å². The van der Waals surface area contributed by atoms with Crippen LogP contribution in [-0.4, -0.2) is 46.5 Å². The summed E-state index contributed by atoms with van der Waals surface area (Å²) in [6.45, 7) is 1.96. The summed E-state index contributed by atoms with van der Waals surface area (Å²) in [5.41, 5.74) is 5.99. The Labute approximate surface area is 127 Å². The molecule has 1 unspecified atom stereocenters. The summed E-state index contributed by atoms with van der Waals surface area (Å²) in [6.07, 6.45) is 1.71. The molecule has 3 N–H and O–H groups in total. The highest BCUT2D eigenvalue weighted by Gasteiger charge is 2.16. The molecule has 0 aliphatic carbocycles. The first-order valence-corrected chi connectivity index (χ1v) is 7.56. The molecule has 1 aromatic heterocycles. The highest BCUT2D eigenvalue weighted by Crippen LogP contribution is 2.04. The SMILES string of the molecule is CCOC(=O)C(N)CSCC(=O)NC(=O)c1cccn1C. The van der Waals surface area contributed by atoms with E-state index in [-0.39, 0.29) is 18.1 Å². The van der Waals surface area contributed by atoms with Gasteiger partial charge in [0.05, 0.1) is 12.4 Å². The Morgan fingerprint density at radius 2 is 2.19 bits per heavy atom. The van der Waals surface area contributed by atoms with Crippen molar-refractivity contribution in [1.82, 2.24) is 9.88 Å². The second kappa shape index (κ2) is 8.48. The molecule has 0 radical (unpaired) electrons. The Balaban J connectivity index is 2.30. The predicted molar refractivity (Wildman–Crippen MR) is 79.8 cm³/mol. The molecule has 0 bridgehead atoms. The molecular weight excluding hydrogens is 294 g/mol. The topological polar surface area (TPSA) is 103 Å². The number of nitrogens with two attached hydrogens (primary N) is 1. The van der Waals surface area contributed by atoms with E-state index in [0.717, 1.165) is 0 Å². The molecule has 116 valence electrons. The molecule has 0 aromatic carbocycles. The van der Waals surface area contributed by atoms with Crippen LogP contribution in [0.2, 0.25) is 0 Å². The van der Waals surface area contributed by atoms with Crippen molar-refractivity contribution in [3.63, 3.8) is 0 Å². The maximum absolute atomic E-state index is 11.8. The van der Waals surface area contributed by atoms with Crippen LogP contribution in [0, 0.1) is 0 Å². The lowest BCUT2D eigenvalue weighted by Gasteiger charge is -2.10. The fourth-order valence-electron chi connectivity index (χ4n) is 1.52. The lowest BCUT2D eigenvalue weighted by molar-refractivity contribution is -0.144. The van der Waals surface area contributed by atoms with Crippen LogP contribution in [0.4, 0.5) is 0 Å². The summed E-state index contributed by atoms with van der Waals surface area (Å²) in [5.74, 6) is -1.08. The number of hydrogen-bond acceptors (Lipinski definition) is 6. The molecule has 1 heterocycles. The van der Waals surface area contributed by atoms with Gasteiger partial charge in [-0.15, -0.1) is 11.8 Å². The molecule has 0 saturated heterocycles. The van der Waals surface area contributed by atoms with Crippen molar-refractivity contribution >= 4 is 29.5 Å². The number of nitrogens with one attached hydrogen (secondary N) is 1. The minimum atomic E-state index is -0.772. The van der Waals surface area contributed by atoms with Gasteiger partial charge in [0.15, 0.2) is 0 Å². The third-order valence-electron chi connectivity index (χ3n) is 2.55. The first kappa shape index (κ1) is 17.3. The zero-order chi connectivity index (χ0) is 15.8. The molecule has 0 spiro atoms. The second-order valence-corrected chi connectivity index (χ2v) is 5.29. The van der Waals surface area contributed by atoms with E-state index < -0.39 is 23.8 Å². The third-order valence-corrected chi connectivity index (χ3v) is 3.61. The van der Waals surface area contributed by atoms with Crippen molar-refractivity contribution in [3.8, 4) is 0 Å². The molecule has 1 atom stereocenters. The van der Waals surface area contributed by atoms with Gasteiger partial charge in [0, 0.05) is 19.0 Å². The molecular formula is C13H19N3O4S. The van der Waals surface area contributed by atoms with Gasteiger partial charge >= 0.3 is 5.97 Å². The van der Waals surface area contributed by atoms with E-state index in [2.05, 4.69) is 5.32 Å². The largest absolute Gasteiger partial charge is 0.465 e. The number of carbonyl (C=O) groups is 3. The van der Waals surface area contributed by atoms with Crippen LogP contribution in [0.15, 0.2) is 18.3 Å². The number of ether oxygens (including phenoxy) is 1. The average Bonchev–Trinajstić information content (AvgIpc) is 2.85. The molecule has 0 saturated carbocycles. The summed E-state index contributed by atoms with van der Waals surface area (Å²) in [7, 11) is 1.71. The molecule has 1 rings (SSSR count). The fraction of sp³-hybridized carbons (Fsp3) is 0.462. The van der Waals surface area contributed by atoms with Crippen molar-refractivity contribution in [3.05, 3.63) is 24.0 Å². The van der Waals surface area contributed by atoms with Gasteiger partial charge in [0.1, 0.15) is 11.7 Å². The monoisotopic (exact) mass is 313 g/mol. The maximum Gasteiger partial charge on any atom is 0.323 e. The number of thioether (sulfide) groups is 1. The number of amides is 2. The van der Waals surface area contributed by atoms with Crippen molar-refractivity contribution in [2.45, 2.75) is 13.0 Å². The van der Waals surface area contributed by atoms with Gasteiger partial charge in [0.25, 0.3) is 5.91 Å². The molecule has 2 amide bonds. The van der Waals surface area contributed by atoms with E-state index in [1.165, 1.54) is 11.8 Å². The maximum atomic E-state index is 11.8. The molecule has 7 nitrogen and oxygen atoms in total. The van der Waals surface area contributed by atoms with Gasteiger partial charge in [-0.25, -0.2) is 0 Å². The Kier molecular flexibility index (Phi) is 6.97. The summed E-state index contributed by atoms with van der Waals surface area (Å²) in [6, 6.07) is 2.56. The van der Waals surface area contributed by atoms with Crippen molar-refractivity contribution in [2.24, 2.45) is 12.8 Å². The Bertz CT molecular complexity index is 515. The summed E-state index contributed by atoms with van der Waals surface area (Å²) < 4.78 is 6.37. The summed E-state index contributed by atoms with van der Waals surface area (Å²) in [5, 5.41) is 2.27. The first-order chi connectivity index (χ1) is 9.95. The standard InChI is InChI=1S/C13H19N3O4S/c1-3-20-13(19)9(14)7-21-8-11(17)15-12(18)10-5-4-6-16(10)2/h4-6,9H,3,7-8,14H2,1-2H3,(H,15,17,18). The van der Waals surface area contributed by atoms with Gasteiger partial charge in [-0.3, -0.25) is 19.7 Å². The van der Waals surface area contributed by atoms with Gasteiger partial charge in [-0.2, -0.15) is 0 Å². The average molecular weight is 313 g/mol. The highest BCUT2D eigenvalue weighted by atomic mass is 32.2. The van der Waals surface area contributed by atoms with Gasteiger partial charge in [-0.1, -0.05) is 0 Å². The van der Waals surface area contributed by atoms with Crippen LogP contribution in [-0.2, 0) is 21.4 Å². The number of esters is 1. The van der Waals surface area contributed by atoms with E-state index >= 15 is 0 Å². The number of nitrogens with zero attached hydrogens (tertiary/aromatic N) is 1. The number of imide groups is 1. The fourth-order valence-corrected chi connectivity index (χ4v) is 2.29. The van der Waals surface area contributed by atoms with Crippen molar-refractivity contribution < 1.29 is 19.1 Å². The highest BCUT2D eigenvalue weighted by molar-refractivity contribution is 8.00. The Morgan fingerprint density at radius 1 is 1.48 bits per heavy atom. The predicted octanol–water partition coefficient (Wildman–Crippen LogP) is -0.0949. The minimum Gasteiger partial charge on any atom is -0.465 e. The Morgan fingerprint density at radius 3 is 2.76 bits per heavy atom. The molecule has 8 heteroatoms. The number of aryl methyl sites for hydroxylation is 1. The van der Waals surface area contributed by atoms with E-state index in [9.17, 15) is 14.4 Å². The summed E-state index contributed by atoms with van der Waals surface area (Å²) >= 11 is 1.17. The number of aromatic nitrogens is 1. The number of hydrogen-bond donors (Lipinski definition) is 2. The van der Waals surface area contributed by atoms with Crippen molar-refractivity contribution in [2.75, 3.05) is 18.1 Å². The third kappa shape index (κ3) is 5.60. The molecule has 0 fully saturated rings. The zero-order valence-corrected chi connectivity index (χ0v) is 12.8. The van der Waals surface area contributed by atoms with Crippen LogP contribution < -0.4 is 11.1 Å². The van der Waals surface area contributed by atoms with Gasteiger partial charge < -0.3 is 15.0 Å². The van der Waals surface area contributed by atoms with E-state index in [1.807, 2.05) is 0 Å². The first-order valence-electron chi connectivity index (χ1n) is 6.41. The van der Waals surface area contributed by atoms with Crippen LogP contribution in [0.1, 0.15) is 17.4 Å². The smallest absolute Gasteiger partial charge is 0.323 e. The second-order valence-electron chi connectivity index (χ2n) is 4.26. The van der Waals surface area contributed by atoms with Crippen molar-refractivity contribution in [1.29, 1.82) is 0 Å². The van der Waals surface area contributed by atoms with Crippen LogP contribution >= 0.6 is 11.8 Å². The number of carbonyl (C=O) groups excluding carboxylic acids is 3. The zero-order valence-electron chi connectivity index (χ0n) is 12.0. The van der Waals surface area contributed by atoms with Gasteiger partial charge in [-0.05, 0) is 19.1 Å². The quantitative estimate of drug-likeness (QED) is 0.682. The van der Waals surface area contributed by atoms with E-state index in [4.69, 9.17) is 10.5 Å². The minimum absolute atomic E-state index is 0.0449. The summed E-state index contributed by atoms with van der Waals surface area (Å²) in [4.78, 5) is 34.7. The lowest BCUT2D eigenvalue weighted by Crippen LogP contribution is -2.36. The molecule has 1 aromatic rings. The molecule has 0 aliphatic heterocycles. The van der Waals surface area contributed by atoms with Crippen LogP contribution in [0.5, 0.6) is 0 Å². The molecule has 0 aliphatic rings. The van der Waals surface area contributed by atoms with Crippen LogP contribution in [0.25, 0.3) is 0 Å².